The third-order valence-corrected chi connectivity index (χ3v) is 4.77. The molecule has 0 amide bonds. The third-order valence-electron chi connectivity index (χ3n) is 4.77. The first-order chi connectivity index (χ1) is 12.6. The van der Waals surface area contributed by atoms with Crippen LogP contribution in [0.5, 0.6) is 11.5 Å². The number of phenols is 2. The molecule has 140 valence electrons. The van der Waals surface area contributed by atoms with Crippen LogP contribution < -0.4 is 0 Å². The van der Waals surface area contributed by atoms with Gasteiger partial charge >= 0.3 is 0 Å². The van der Waals surface area contributed by atoms with Gasteiger partial charge in [-0.25, -0.2) is 0 Å². The topological polar surface area (TPSA) is 57.5 Å². The number of unbranched alkanes of at least 4 members (excludes halogenated alkanes) is 4. The van der Waals surface area contributed by atoms with Crippen LogP contribution in [-0.4, -0.2) is 16.0 Å². The van der Waals surface area contributed by atoms with Crippen LogP contribution in [0.25, 0.3) is 0 Å². The SMILES string of the molecule is CCCCCc1cc(O)ccc1C(=O)c1ccc(O)cc1CCCCC. The highest BCUT2D eigenvalue weighted by Gasteiger charge is 2.18. The Hall–Kier alpha value is -2.29. The van der Waals surface area contributed by atoms with Gasteiger partial charge in [0.1, 0.15) is 11.5 Å². The number of ketones is 1. The van der Waals surface area contributed by atoms with E-state index in [1.807, 2.05) is 0 Å². The Morgan fingerprint density at radius 3 is 1.54 bits per heavy atom. The number of carbonyl (C=O) groups is 1. The molecule has 26 heavy (non-hydrogen) atoms. The third kappa shape index (κ3) is 5.35. The van der Waals surface area contributed by atoms with E-state index in [1.54, 1.807) is 36.4 Å². The molecule has 0 spiro atoms. The molecule has 2 aromatic carbocycles. The maximum absolute atomic E-state index is 13.2. The predicted molar refractivity (Wildman–Crippen MR) is 106 cm³/mol. The minimum Gasteiger partial charge on any atom is -0.508 e. The molecule has 0 saturated carbocycles. The average molecular weight is 354 g/mol. The smallest absolute Gasteiger partial charge is 0.193 e. The predicted octanol–water partition coefficient (Wildman–Crippen LogP) is 5.79. The quantitative estimate of drug-likeness (QED) is 0.419. The number of carbonyl (C=O) groups excluding carboxylic acids is 1. The number of phenolic OH excluding ortho intramolecular Hbond substituents is 2. The lowest BCUT2D eigenvalue weighted by Gasteiger charge is -2.13. The van der Waals surface area contributed by atoms with Crippen molar-refractivity contribution in [1.29, 1.82) is 0 Å². The lowest BCUT2D eigenvalue weighted by atomic mass is 9.91. The summed E-state index contributed by atoms with van der Waals surface area (Å²) in [7, 11) is 0. The molecule has 0 unspecified atom stereocenters. The molecule has 0 atom stereocenters. The molecule has 2 N–H and O–H groups in total. The van der Waals surface area contributed by atoms with Gasteiger partial charge in [0.15, 0.2) is 5.78 Å². The molecule has 0 heterocycles. The zero-order valence-electron chi connectivity index (χ0n) is 15.9. The Labute approximate surface area is 156 Å². The molecule has 3 nitrogen and oxygen atoms in total. The first kappa shape index (κ1) is 20.0. The summed E-state index contributed by atoms with van der Waals surface area (Å²) >= 11 is 0. The summed E-state index contributed by atoms with van der Waals surface area (Å²) in [5.41, 5.74) is 3.11. The van der Waals surface area contributed by atoms with Crippen molar-refractivity contribution < 1.29 is 15.0 Å². The van der Waals surface area contributed by atoms with Crippen LogP contribution in [0.4, 0.5) is 0 Å². The Morgan fingerprint density at radius 2 is 1.15 bits per heavy atom. The summed E-state index contributed by atoms with van der Waals surface area (Å²) in [6.07, 6.45) is 8.00. The summed E-state index contributed by atoms with van der Waals surface area (Å²) in [6, 6.07) is 10.0. The fourth-order valence-corrected chi connectivity index (χ4v) is 3.29. The fraction of sp³-hybridized carbons (Fsp3) is 0.435. The van der Waals surface area contributed by atoms with Crippen LogP contribution in [0.2, 0.25) is 0 Å². The monoisotopic (exact) mass is 354 g/mol. The Bertz CT molecular complexity index is 673. The van der Waals surface area contributed by atoms with E-state index >= 15 is 0 Å². The van der Waals surface area contributed by atoms with Crippen LogP contribution in [-0.2, 0) is 12.8 Å². The number of hydrogen-bond donors (Lipinski definition) is 2. The van der Waals surface area contributed by atoms with Gasteiger partial charge in [0.25, 0.3) is 0 Å². The van der Waals surface area contributed by atoms with E-state index in [2.05, 4.69) is 13.8 Å². The van der Waals surface area contributed by atoms with E-state index in [4.69, 9.17) is 0 Å². The molecular weight excluding hydrogens is 324 g/mol. The van der Waals surface area contributed by atoms with E-state index in [-0.39, 0.29) is 17.3 Å². The van der Waals surface area contributed by atoms with Gasteiger partial charge in [-0.2, -0.15) is 0 Å². The normalized spacial score (nSPS) is 10.8. The highest BCUT2D eigenvalue weighted by atomic mass is 16.3. The summed E-state index contributed by atoms with van der Waals surface area (Å²) in [6.45, 7) is 4.29. The number of hydrogen-bond acceptors (Lipinski definition) is 3. The minimum absolute atomic E-state index is 0.0250. The van der Waals surface area contributed by atoms with Gasteiger partial charge in [0, 0.05) is 11.1 Å². The Balaban J connectivity index is 2.33. The maximum atomic E-state index is 13.2. The molecule has 0 aliphatic rings. The summed E-state index contributed by atoms with van der Waals surface area (Å²) < 4.78 is 0. The van der Waals surface area contributed by atoms with Crippen molar-refractivity contribution in [3.05, 3.63) is 58.7 Å². The first-order valence-electron chi connectivity index (χ1n) is 9.75. The average Bonchev–Trinajstić information content (AvgIpc) is 2.62. The number of rotatable bonds is 10. The number of aromatic hydroxyl groups is 2. The Morgan fingerprint density at radius 1 is 0.731 bits per heavy atom. The van der Waals surface area contributed by atoms with Crippen molar-refractivity contribution in [2.24, 2.45) is 0 Å². The molecule has 0 radical (unpaired) electrons. The van der Waals surface area contributed by atoms with Gasteiger partial charge in [-0.1, -0.05) is 39.5 Å². The van der Waals surface area contributed by atoms with Crippen molar-refractivity contribution in [2.45, 2.75) is 65.2 Å². The van der Waals surface area contributed by atoms with Gasteiger partial charge in [-0.15, -0.1) is 0 Å². The van der Waals surface area contributed by atoms with Crippen molar-refractivity contribution in [1.82, 2.24) is 0 Å². The second-order valence-corrected chi connectivity index (χ2v) is 6.93. The molecule has 2 aromatic rings. The highest BCUT2D eigenvalue weighted by molar-refractivity contribution is 6.11. The standard InChI is InChI=1S/C23H30O3/c1-3-5-7-9-17-15-19(24)11-13-21(17)23(26)22-14-12-20(25)16-18(22)10-8-6-4-2/h11-16,24-25H,3-10H2,1-2H3. The van der Waals surface area contributed by atoms with Crippen LogP contribution >= 0.6 is 0 Å². The Kier molecular flexibility index (Phi) is 7.71. The second-order valence-electron chi connectivity index (χ2n) is 6.93. The first-order valence-corrected chi connectivity index (χ1v) is 9.75. The molecule has 0 aliphatic heterocycles. The van der Waals surface area contributed by atoms with Gasteiger partial charge < -0.3 is 10.2 Å². The zero-order valence-corrected chi connectivity index (χ0v) is 15.9. The number of aryl methyl sites for hydroxylation is 2. The van der Waals surface area contributed by atoms with E-state index in [1.165, 1.54) is 0 Å². The lowest BCUT2D eigenvalue weighted by molar-refractivity contribution is 0.103. The van der Waals surface area contributed by atoms with Gasteiger partial charge in [-0.05, 0) is 73.2 Å². The van der Waals surface area contributed by atoms with Crippen molar-refractivity contribution in [3.63, 3.8) is 0 Å². The molecule has 0 aromatic heterocycles. The fourth-order valence-electron chi connectivity index (χ4n) is 3.29. The molecule has 0 saturated heterocycles. The van der Waals surface area contributed by atoms with Crippen molar-refractivity contribution >= 4 is 5.78 Å². The van der Waals surface area contributed by atoms with Gasteiger partial charge in [0.2, 0.25) is 0 Å². The maximum Gasteiger partial charge on any atom is 0.193 e. The van der Waals surface area contributed by atoms with Crippen LogP contribution in [0.1, 0.15) is 79.4 Å². The molecule has 0 aliphatic carbocycles. The number of benzene rings is 2. The second kappa shape index (κ2) is 10.0. The minimum atomic E-state index is -0.0250. The molecule has 0 fully saturated rings. The van der Waals surface area contributed by atoms with E-state index in [9.17, 15) is 15.0 Å². The highest BCUT2D eigenvalue weighted by Crippen LogP contribution is 2.26. The largest absolute Gasteiger partial charge is 0.508 e. The van der Waals surface area contributed by atoms with Gasteiger partial charge in [-0.3, -0.25) is 4.79 Å². The zero-order chi connectivity index (χ0) is 18.9. The van der Waals surface area contributed by atoms with Crippen LogP contribution in [0, 0.1) is 0 Å². The molecule has 2 rings (SSSR count). The van der Waals surface area contributed by atoms with Crippen molar-refractivity contribution in [3.8, 4) is 11.5 Å². The van der Waals surface area contributed by atoms with Crippen molar-refractivity contribution in [2.75, 3.05) is 0 Å². The van der Waals surface area contributed by atoms with E-state index in [0.717, 1.165) is 62.5 Å². The van der Waals surface area contributed by atoms with Crippen LogP contribution in [0.15, 0.2) is 36.4 Å². The van der Waals surface area contributed by atoms with Gasteiger partial charge in [0.05, 0.1) is 0 Å². The lowest BCUT2D eigenvalue weighted by Crippen LogP contribution is -2.09. The van der Waals surface area contributed by atoms with Crippen LogP contribution in [0.3, 0.4) is 0 Å². The molecule has 3 heteroatoms. The van der Waals surface area contributed by atoms with E-state index in [0.29, 0.717) is 11.1 Å². The molecule has 0 bridgehead atoms. The summed E-state index contributed by atoms with van der Waals surface area (Å²) in [4.78, 5) is 13.2. The van der Waals surface area contributed by atoms with E-state index < -0.39 is 0 Å². The molecular formula is C23H30O3. The summed E-state index contributed by atoms with van der Waals surface area (Å²) in [5.74, 6) is 0.367. The summed E-state index contributed by atoms with van der Waals surface area (Å²) in [5, 5.41) is 19.7.